The lowest BCUT2D eigenvalue weighted by Crippen LogP contribution is -2.43. The smallest absolute Gasteiger partial charge is 0.317 e. The van der Waals surface area contributed by atoms with Crippen molar-refractivity contribution in [2.45, 2.75) is 32.2 Å². The molecule has 3 N–H and O–H groups in total. The second-order valence-electron chi connectivity index (χ2n) is 6.95. The Kier molecular flexibility index (Phi) is 5.17. The van der Waals surface area contributed by atoms with Crippen LogP contribution < -0.4 is 10.6 Å². The number of carbonyl (C=O) groups excluding carboxylic acids is 1. The van der Waals surface area contributed by atoms with Crippen molar-refractivity contribution in [3.05, 3.63) is 24.0 Å². The minimum Gasteiger partial charge on any atom is -0.378 e. The van der Waals surface area contributed by atoms with Crippen LogP contribution in [0.1, 0.15) is 25.8 Å². The van der Waals surface area contributed by atoms with Crippen LogP contribution >= 0.6 is 0 Å². The number of nitriles is 1. The van der Waals surface area contributed by atoms with E-state index in [2.05, 4.69) is 26.7 Å². The first-order valence-corrected chi connectivity index (χ1v) is 8.85. The Bertz CT molecular complexity index is 869. The first kappa shape index (κ1) is 18.9. The molecule has 0 radical (unpaired) electrons. The molecular weight excluding hydrogens is 354 g/mol. The number of nitrogens with one attached hydrogen (secondary N) is 3. The topological polar surface area (TPSA) is 96.8 Å². The van der Waals surface area contributed by atoms with Crippen molar-refractivity contribution >= 4 is 22.8 Å². The van der Waals surface area contributed by atoms with E-state index in [1.54, 1.807) is 11.1 Å². The van der Waals surface area contributed by atoms with Crippen molar-refractivity contribution < 1.29 is 13.6 Å². The van der Waals surface area contributed by atoms with Gasteiger partial charge in [-0.05, 0) is 18.4 Å². The molecule has 1 saturated heterocycles. The molecule has 0 aliphatic carbocycles. The van der Waals surface area contributed by atoms with Crippen LogP contribution in [-0.2, 0) is 0 Å². The standard InChI is InChI=1S/C18H22F2N6O/c1-3-11-8-26(17(27)24-10-18(2,19)20)9-14(11)25-15-12(6-21)7-23-16-13(15)4-5-22-16/h4-5,7,11,14H,3,8-10H2,1-2H3,(H,24,27)(H2,22,23,25)/t11-,14+/m0/s1. The largest absolute Gasteiger partial charge is 0.378 e. The molecule has 0 aromatic carbocycles. The maximum atomic E-state index is 13.0. The third-order valence-electron chi connectivity index (χ3n) is 4.84. The Morgan fingerprint density at radius 3 is 2.96 bits per heavy atom. The number of pyridine rings is 1. The lowest BCUT2D eigenvalue weighted by atomic mass is 10.00. The molecule has 144 valence electrons. The molecule has 27 heavy (non-hydrogen) atoms. The zero-order valence-electron chi connectivity index (χ0n) is 15.2. The van der Waals surface area contributed by atoms with Crippen LogP contribution in [0.5, 0.6) is 0 Å². The fourth-order valence-corrected chi connectivity index (χ4v) is 3.39. The number of nitrogens with zero attached hydrogens (tertiary/aromatic N) is 3. The lowest BCUT2D eigenvalue weighted by molar-refractivity contribution is 0.0241. The molecule has 9 heteroatoms. The summed E-state index contributed by atoms with van der Waals surface area (Å²) in [7, 11) is 0. The van der Waals surface area contributed by atoms with Gasteiger partial charge >= 0.3 is 6.03 Å². The second kappa shape index (κ2) is 7.39. The number of urea groups is 1. The third kappa shape index (κ3) is 4.10. The fourth-order valence-electron chi connectivity index (χ4n) is 3.39. The van der Waals surface area contributed by atoms with Crippen LogP contribution in [0.15, 0.2) is 18.5 Å². The minimum atomic E-state index is -2.95. The number of fused-ring (bicyclic) bond motifs is 1. The molecule has 0 unspecified atom stereocenters. The molecule has 1 aliphatic heterocycles. The Hall–Kier alpha value is -2.89. The number of amides is 2. The first-order valence-electron chi connectivity index (χ1n) is 8.85. The predicted octanol–water partition coefficient (Wildman–Crippen LogP) is 2.92. The van der Waals surface area contributed by atoms with E-state index in [4.69, 9.17) is 0 Å². The van der Waals surface area contributed by atoms with E-state index >= 15 is 0 Å². The van der Waals surface area contributed by atoms with Crippen molar-refractivity contribution in [1.29, 1.82) is 5.26 Å². The summed E-state index contributed by atoms with van der Waals surface area (Å²) in [6.07, 6.45) is 4.07. The molecule has 0 spiro atoms. The van der Waals surface area contributed by atoms with Gasteiger partial charge in [0.2, 0.25) is 0 Å². The highest BCUT2D eigenvalue weighted by Crippen LogP contribution is 2.30. The number of carbonyl (C=O) groups is 1. The van der Waals surface area contributed by atoms with Gasteiger partial charge in [-0.25, -0.2) is 18.6 Å². The van der Waals surface area contributed by atoms with Crippen LogP contribution in [0.25, 0.3) is 11.0 Å². The monoisotopic (exact) mass is 376 g/mol. The van der Waals surface area contributed by atoms with Gasteiger partial charge in [-0.15, -0.1) is 0 Å². The Labute approximate surface area is 155 Å². The molecule has 0 saturated carbocycles. The number of H-pyrrole nitrogens is 1. The molecular formula is C18H22F2N6O. The lowest BCUT2D eigenvalue weighted by Gasteiger charge is -2.21. The van der Waals surface area contributed by atoms with Gasteiger partial charge in [-0.2, -0.15) is 5.26 Å². The number of anilines is 1. The molecule has 0 bridgehead atoms. The zero-order chi connectivity index (χ0) is 19.6. The number of likely N-dealkylation sites (tertiary alicyclic amines) is 1. The van der Waals surface area contributed by atoms with E-state index in [9.17, 15) is 18.8 Å². The van der Waals surface area contributed by atoms with E-state index < -0.39 is 18.5 Å². The van der Waals surface area contributed by atoms with Gasteiger partial charge in [0.05, 0.1) is 17.8 Å². The molecule has 2 aromatic rings. The first-order chi connectivity index (χ1) is 12.8. The molecule has 3 rings (SSSR count). The summed E-state index contributed by atoms with van der Waals surface area (Å²) >= 11 is 0. The molecule has 2 amide bonds. The summed E-state index contributed by atoms with van der Waals surface area (Å²) in [5.74, 6) is -2.80. The Morgan fingerprint density at radius 1 is 1.52 bits per heavy atom. The number of hydrogen-bond acceptors (Lipinski definition) is 4. The van der Waals surface area contributed by atoms with Crippen LogP contribution in [0.4, 0.5) is 19.3 Å². The van der Waals surface area contributed by atoms with E-state index in [0.29, 0.717) is 30.0 Å². The average molecular weight is 376 g/mol. The van der Waals surface area contributed by atoms with Gasteiger partial charge in [-0.3, -0.25) is 0 Å². The van der Waals surface area contributed by atoms with Gasteiger partial charge in [0.1, 0.15) is 11.7 Å². The maximum Gasteiger partial charge on any atom is 0.317 e. The molecule has 7 nitrogen and oxygen atoms in total. The van der Waals surface area contributed by atoms with E-state index in [-0.39, 0.29) is 12.0 Å². The molecule has 2 aromatic heterocycles. The highest BCUT2D eigenvalue weighted by molar-refractivity contribution is 5.92. The predicted molar refractivity (Wildman–Crippen MR) is 97.6 cm³/mol. The van der Waals surface area contributed by atoms with E-state index in [0.717, 1.165) is 18.7 Å². The zero-order valence-corrected chi connectivity index (χ0v) is 15.2. The van der Waals surface area contributed by atoms with Crippen LogP contribution in [0.3, 0.4) is 0 Å². The van der Waals surface area contributed by atoms with Gasteiger partial charge in [0.15, 0.2) is 0 Å². The number of alkyl halides is 2. The number of aromatic nitrogens is 2. The average Bonchev–Trinajstić information content (AvgIpc) is 3.26. The molecule has 1 aliphatic rings. The summed E-state index contributed by atoms with van der Waals surface area (Å²) in [6.45, 7) is 2.94. The third-order valence-corrected chi connectivity index (χ3v) is 4.84. The van der Waals surface area contributed by atoms with Crippen molar-refractivity contribution in [2.24, 2.45) is 5.92 Å². The second-order valence-corrected chi connectivity index (χ2v) is 6.95. The molecule has 2 atom stereocenters. The summed E-state index contributed by atoms with van der Waals surface area (Å²) in [4.78, 5) is 21.0. The number of halogens is 2. The van der Waals surface area contributed by atoms with Crippen molar-refractivity contribution in [3.63, 3.8) is 0 Å². The van der Waals surface area contributed by atoms with Gasteiger partial charge in [-0.1, -0.05) is 6.92 Å². The molecule has 3 heterocycles. The quantitative estimate of drug-likeness (QED) is 0.747. The summed E-state index contributed by atoms with van der Waals surface area (Å²) < 4.78 is 26.0. The normalized spacial score (nSPS) is 19.9. The van der Waals surface area contributed by atoms with Gasteiger partial charge in [0, 0.05) is 43.8 Å². The van der Waals surface area contributed by atoms with Crippen LogP contribution in [-0.4, -0.2) is 52.5 Å². The molecule has 1 fully saturated rings. The summed E-state index contributed by atoms with van der Waals surface area (Å²) in [5.41, 5.74) is 1.77. The highest BCUT2D eigenvalue weighted by atomic mass is 19.3. The summed E-state index contributed by atoms with van der Waals surface area (Å²) in [5, 5.41) is 15.9. The SMILES string of the molecule is CC[C@H]1CN(C(=O)NCC(C)(F)F)C[C@H]1Nc1c(C#N)cnc2[nH]ccc12. The van der Waals surface area contributed by atoms with Crippen molar-refractivity contribution in [2.75, 3.05) is 25.0 Å². The fraction of sp³-hybridized carbons (Fsp3) is 0.500. The van der Waals surface area contributed by atoms with Crippen LogP contribution in [0.2, 0.25) is 0 Å². The van der Waals surface area contributed by atoms with E-state index in [1.807, 2.05) is 13.0 Å². The van der Waals surface area contributed by atoms with Crippen molar-refractivity contribution in [1.82, 2.24) is 20.2 Å². The van der Waals surface area contributed by atoms with Crippen molar-refractivity contribution in [3.8, 4) is 6.07 Å². The number of rotatable bonds is 5. The van der Waals surface area contributed by atoms with Gasteiger partial charge < -0.3 is 20.5 Å². The highest BCUT2D eigenvalue weighted by Gasteiger charge is 2.35. The Balaban J connectivity index is 1.76. The van der Waals surface area contributed by atoms with Crippen LogP contribution in [0, 0.1) is 17.2 Å². The summed E-state index contributed by atoms with van der Waals surface area (Å²) in [6, 6.07) is 3.40. The van der Waals surface area contributed by atoms with Gasteiger partial charge in [0.25, 0.3) is 5.92 Å². The number of aromatic amines is 1. The van der Waals surface area contributed by atoms with E-state index in [1.165, 1.54) is 6.20 Å². The maximum absolute atomic E-state index is 13.0. The number of hydrogen-bond donors (Lipinski definition) is 3. The Morgan fingerprint density at radius 2 is 2.30 bits per heavy atom. The minimum absolute atomic E-state index is 0.0875.